The molecule has 0 radical (unpaired) electrons. The van der Waals surface area contributed by atoms with E-state index in [0.29, 0.717) is 32.1 Å². The summed E-state index contributed by atoms with van der Waals surface area (Å²) in [7, 11) is 0. The number of hydrogen-bond acceptors (Lipinski definition) is 4. The zero-order valence-electron chi connectivity index (χ0n) is 15.5. The Balaban J connectivity index is 1.68. The molecule has 1 aromatic carbocycles. The number of aliphatic hydroxyl groups excluding tert-OH is 1. The Bertz CT molecular complexity index is 640. The van der Waals surface area contributed by atoms with Crippen molar-refractivity contribution >= 4 is 11.8 Å². The van der Waals surface area contributed by atoms with Gasteiger partial charge in [0.05, 0.1) is 31.4 Å². The van der Waals surface area contributed by atoms with Gasteiger partial charge >= 0.3 is 11.8 Å². The van der Waals surface area contributed by atoms with Crippen LogP contribution in [-0.4, -0.2) is 53.7 Å². The van der Waals surface area contributed by atoms with Crippen LogP contribution in [0.1, 0.15) is 43.4 Å². The number of morpholine rings is 1. The van der Waals surface area contributed by atoms with Gasteiger partial charge in [-0.25, -0.2) is 0 Å². The second kappa shape index (κ2) is 8.18. The highest BCUT2D eigenvalue weighted by molar-refractivity contribution is 6.35. The second-order valence-corrected chi connectivity index (χ2v) is 7.51. The molecule has 2 N–H and O–H groups in total. The molecule has 0 aromatic heterocycles. The minimum atomic E-state index is -0.569. The lowest BCUT2D eigenvalue weighted by atomic mass is 10.0. The van der Waals surface area contributed by atoms with Crippen LogP contribution in [-0.2, 0) is 14.3 Å². The number of aryl methyl sites for hydroxylation is 1. The molecule has 1 aromatic rings. The van der Waals surface area contributed by atoms with Crippen LogP contribution in [0.2, 0.25) is 0 Å². The summed E-state index contributed by atoms with van der Waals surface area (Å²) in [4.78, 5) is 26.9. The molecule has 1 heterocycles. The summed E-state index contributed by atoms with van der Waals surface area (Å²) in [6.45, 7) is 4.85. The largest absolute Gasteiger partial charge is 0.393 e. The average Bonchev–Trinajstić information content (AvgIpc) is 3.45. The zero-order chi connectivity index (χ0) is 18.7. The Labute approximate surface area is 154 Å². The van der Waals surface area contributed by atoms with Gasteiger partial charge in [-0.3, -0.25) is 9.59 Å². The normalized spacial score (nSPS) is 22.6. The topological polar surface area (TPSA) is 78.9 Å². The average molecular weight is 360 g/mol. The van der Waals surface area contributed by atoms with E-state index < -0.39 is 17.9 Å². The lowest BCUT2D eigenvalue weighted by Gasteiger charge is -2.36. The third-order valence-corrected chi connectivity index (χ3v) is 5.11. The summed E-state index contributed by atoms with van der Waals surface area (Å²) >= 11 is 0. The summed E-state index contributed by atoms with van der Waals surface area (Å²) in [5.41, 5.74) is 2.21. The number of amides is 2. The van der Waals surface area contributed by atoms with Crippen molar-refractivity contribution < 1.29 is 19.4 Å². The number of aliphatic hydroxyl groups is 1. The van der Waals surface area contributed by atoms with Crippen molar-refractivity contribution in [1.82, 2.24) is 10.2 Å². The molecule has 1 aliphatic heterocycles. The SMILES string of the molecule is Cc1ccc(C(NC(=O)C(=O)N2CCOCC2CC(C)O)C2CC2)cc1. The van der Waals surface area contributed by atoms with Crippen molar-refractivity contribution in [1.29, 1.82) is 0 Å². The summed E-state index contributed by atoms with van der Waals surface area (Å²) in [5, 5.41) is 12.6. The molecule has 142 valence electrons. The summed E-state index contributed by atoms with van der Waals surface area (Å²) in [6.07, 6.45) is 1.99. The molecule has 6 nitrogen and oxygen atoms in total. The molecule has 6 heteroatoms. The Kier molecular flexibility index (Phi) is 5.94. The van der Waals surface area contributed by atoms with E-state index >= 15 is 0 Å². The van der Waals surface area contributed by atoms with Gasteiger partial charge in [0.25, 0.3) is 0 Å². The molecule has 1 saturated heterocycles. The van der Waals surface area contributed by atoms with Gasteiger partial charge in [0.2, 0.25) is 0 Å². The number of nitrogens with one attached hydrogen (secondary N) is 1. The van der Waals surface area contributed by atoms with E-state index in [-0.39, 0.29) is 12.1 Å². The number of carbonyl (C=O) groups is 2. The molecule has 2 fully saturated rings. The van der Waals surface area contributed by atoms with Gasteiger partial charge in [0.1, 0.15) is 0 Å². The quantitative estimate of drug-likeness (QED) is 0.781. The van der Waals surface area contributed by atoms with E-state index in [1.54, 1.807) is 11.8 Å². The first-order valence-electron chi connectivity index (χ1n) is 9.39. The highest BCUT2D eigenvalue weighted by Gasteiger charge is 2.37. The van der Waals surface area contributed by atoms with Crippen LogP contribution in [0.15, 0.2) is 24.3 Å². The monoisotopic (exact) mass is 360 g/mol. The molecule has 0 spiro atoms. The molecule has 3 unspecified atom stereocenters. The van der Waals surface area contributed by atoms with Crippen molar-refractivity contribution in [2.45, 2.75) is 51.3 Å². The Morgan fingerprint density at radius 1 is 1.31 bits per heavy atom. The minimum absolute atomic E-state index is 0.122. The molecular weight excluding hydrogens is 332 g/mol. The van der Waals surface area contributed by atoms with E-state index in [1.165, 1.54) is 5.56 Å². The van der Waals surface area contributed by atoms with Crippen LogP contribution in [0.5, 0.6) is 0 Å². The zero-order valence-corrected chi connectivity index (χ0v) is 15.5. The van der Waals surface area contributed by atoms with Crippen LogP contribution in [0.3, 0.4) is 0 Å². The van der Waals surface area contributed by atoms with E-state index in [4.69, 9.17) is 4.74 Å². The maximum absolute atomic E-state index is 12.7. The molecule has 1 aliphatic carbocycles. The minimum Gasteiger partial charge on any atom is -0.393 e. The number of rotatable bonds is 5. The Morgan fingerprint density at radius 2 is 2.00 bits per heavy atom. The van der Waals surface area contributed by atoms with Crippen LogP contribution >= 0.6 is 0 Å². The number of benzene rings is 1. The fourth-order valence-corrected chi connectivity index (χ4v) is 3.52. The number of carbonyl (C=O) groups excluding carboxylic acids is 2. The summed E-state index contributed by atoms with van der Waals surface area (Å²) < 4.78 is 5.42. The number of nitrogens with zero attached hydrogens (tertiary/aromatic N) is 1. The van der Waals surface area contributed by atoms with Gasteiger partial charge in [-0.1, -0.05) is 29.8 Å². The molecule has 2 aliphatic rings. The lowest BCUT2D eigenvalue weighted by molar-refractivity contribution is -0.152. The van der Waals surface area contributed by atoms with E-state index in [2.05, 4.69) is 5.32 Å². The standard InChI is InChI=1S/C20H28N2O4/c1-13-3-5-15(6-4-13)18(16-7-8-16)21-19(24)20(25)22-9-10-26-12-17(22)11-14(2)23/h3-6,14,16-18,23H,7-12H2,1-2H3,(H,21,24). The van der Waals surface area contributed by atoms with Gasteiger partial charge in [-0.15, -0.1) is 0 Å². The number of hydrogen-bond donors (Lipinski definition) is 2. The first-order chi connectivity index (χ1) is 12.5. The van der Waals surface area contributed by atoms with Gasteiger partial charge in [-0.05, 0) is 44.6 Å². The predicted molar refractivity (Wildman–Crippen MR) is 97.4 cm³/mol. The fraction of sp³-hybridized carbons (Fsp3) is 0.600. The van der Waals surface area contributed by atoms with Crippen molar-refractivity contribution in [2.75, 3.05) is 19.8 Å². The smallest absolute Gasteiger partial charge is 0.312 e. The van der Waals surface area contributed by atoms with Gasteiger partial charge in [0.15, 0.2) is 0 Å². The Hall–Kier alpha value is -1.92. The van der Waals surface area contributed by atoms with Crippen LogP contribution in [0.25, 0.3) is 0 Å². The lowest BCUT2D eigenvalue weighted by Crippen LogP contribution is -2.54. The van der Waals surface area contributed by atoms with E-state index in [1.807, 2.05) is 31.2 Å². The first kappa shape index (κ1) is 18.9. The van der Waals surface area contributed by atoms with Crippen molar-refractivity contribution in [2.24, 2.45) is 5.92 Å². The third kappa shape index (κ3) is 4.62. The third-order valence-electron chi connectivity index (χ3n) is 5.11. The van der Waals surface area contributed by atoms with Crippen molar-refractivity contribution in [3.8, 4) is 0 Å². The number of ether oxygens (including phenoxy) is 1. The second-order valence-electron chi connectivity index (χ2n) is 7.51. The van der Waals surface area contributed by atoms with Gasteiger partial charge < -0.3 is 20.1 Å². The predicted octanol–water partition coefficient (Wildman–Crippen LogP) is 1.56. The Morgan fingerprint density at radius 3 is 2.62 bits per heavy atom. The van der Waals surface area contributed by atoms with Crippen LogP contribution in [0, 0.1) is 12.8 Å². The van der Waals surface area contributed by atoms with E-state index in [0.717, 1.165) is 18.4 Å². The van der Waals surface area contributed by atoms with E-state index in [9.17, 15) is 14.7 Å². The van der Waals surface area contributed by atoms with Crippen molar-refractivity contribution in [3.05, 3.63) is 35.4 Å². The van der Waals surface area contributed by atoms with Gasteiger partial charge in [-0.2, -0.15) is 0 Å². The molecular formula is C20H28N2O4. The van der Waals surface area contributed by atoms with Crippen molar-refractivity contribution in [3.63, 3.8) is 0 Å². The molecule has 0 bridgehead atoms. The maximum atomic E-state index is 12.7. The van der Waals surface area contributed by atoms with Crippen LogP contribution in [0.4, 0.5) is 0 Å². The summed E-state index contributed by atoms with van der Waals surface area (Å²) in [6, 6.07) is 7.71. The summed E-state index contributed by atoms with van der Waals surface area (Å²) in [5.74, 6) is -0.705. The maximum Gasteiger partial charge on any atom is 0.312 e. The molecule has 2 amide bonds. The highest BCUT2D eigenvalue weighted by Crippen LogP contribution is 2.41. The molecule has 3 atom stereocenters. The molecule has 1 saturated carbocycles. The highest BCUT2D eigenvalue weighted by atomic mass is 16.5. The first-order valence-corrected chi connectivity index (χ1v) is 9.39. The van der Waals surface area contributed by atoms with Crippen LogP contribution < -0.4 is 5.32 Å². The fourth-order valence-electron chi connectivity index (χ4n) is 3.52. The molecule has 26 heavy (non-hydrogen) atoms. The van der Waals surface area contributed by atoms with Gasteiger partial charge in [0, 0.05) is 6.54 Å². The molecule has 3 rings (SSSR count).